The van der Waals surface area contributed by atoms with Crippen molar-refractivity contribution in [2.24, 2.45) is 0 Å². The molecule has 4 aromatic rings. The van der Waals surface area contributed by atoms with E-state index in [-0.39, 0.29) is 24.1 Å². The van der Waals surface area contributed by atoms with Crippen LogP contribution in [0.25, 0.3) is 21.8 Å². The Morgan fingerprint density at radius 2 is 1.63 bits per heavy atom. The van der Waals surface area contributed by atoms with Gasteiger partial charge in [0.05, 0.1) is 5.92 Å². The maximum atomic E-state index is 13.8. The van der Waals surface area contributed by atoms with E-state index < -0.39 is 5.92 Å². The molecule has 0 saturated carbocycles. The maximum absolute atomic E-state index is 13.8. The zero-order valence-corrected chi connectivity index (χ0v) is 19.6. The van der Waals surface area contributed by atoms with Crippen molar-refractivity contribution in [3.05, 3.63) is 71.8 Å². The molecule has 2 N–H and O–H groups in total. The van der Waals surface area contributed by atoms with Crippen LogP contribution >= 0.6 is 0 Å². The highest BCUT2D eigenvalue weighted by atomic mass is 19.1. The Labute approximate surface area is 203 Å². The molecule has 6 rings (SSSR count). The number of carbonyl (C=O) groups is 2. The number of aromatic nitrogens is 2. The molecule has 2 aromatic heterocycles. The quantitative estimate of drug-likeness (QED) is 0.392. The first kappa shape index (κ1) is 22.0. The third-order valence-electron chi connectivity index (χ3n) is 7.80. The average molecular weight is 473 g/mol. The summed E-state index contributed by atoms with van der Waals surface area (Å²) in [5.74, 6) is -0.627. The number of para-hydroxylation sites is 1. The summed E-state index contributed by atoms with van der Waals surface area (Å²) in [5, 5.41) is 2.00. The number of nitrogens with zero attached hydrogens (tertiary/aromatic N) is 2. The Hall–Kier alpha value is -3.45. The molecule has 6 nitrogen and oxygen atoms in total. The number of amides is 2. The standard InChI is InChI=1S/C28H29FN4O2/c29-19-6-7-26-21(14-19)24(17-31-26)22-15-27(34)33(28(22)35)11-3-10-32-12-8-18(9-13-32)23-16-30-25-5-2-1-4-20(23)25/h1-2,4-7,14,16-18,22,30-31H,3,8-13,15H2. The van der Waals surface area contributed by atoms with Gasteiger partial charge >= 0.3 is 0 Å². The number of likely N-dealkylation sites (tertiary alicyclic amines) is 2. The van der Waals surface area contributed by atoms with Gasteiger partial charge in [0.15, 0.2) is 0 Å². The third-order valence-corrected chi connectivity index (χ3v) is 7.80. The monoisotopic (exact) mass is 472 g/mol. The van der Waals surface area contributed by atoms with Gasteiger partial charge in [0.2, 0.25) is 11.8 Å². The molecular formula is C28H29FN4O2. The van der Waals surface area contributed by atoms with E-state index in [1.165, 1.54) is 33.5 Å². The number of carbonyl (C=O) groups excluding carboxylic acids is 2. The van der Waals surface area contributed by atoms with Crippen LogP contribution in [0.5, 0.6) is 0 Å². The van der Waals surface area contributed by atoms with Crippen molar-refractivity contribution < 1.29 is 14.0 Å². The minimum atomic E-state index is -0.537. The predicted molar refractivity (Wildman–Crippen MR) is 134 cm³/mol. The van der Waals surface area contributed by atoms with Crippen molar-refractivity contribution in [2.75, 3.05) is 26.2 Å². The Kier molecular flexibility index (Phi) is 5.65. The summed E-state index contributed by atoms with van der Waals surface area (Å²) in [6, 6.07) is 12.9. The lowest BCUT2D eigenvalue weighted by Gasteiger charge is -2.32. The lowest BCUT2D eigenvalue weighted by atomic mass is 9.89. The van der Waals surface area contributed by atoms with Crippen LogP contribution in [0.3, 0.4) is 0 Å². The molecule has 4 heterocycles. The van der Waals surface area contributed by atoms with Gasteiger partial charge in [-0.1, -0.05) is 18.2 Å². The molecule has 7 heteroatoms. The smallest absolute Gasteiger partial charge is 0.237 e. The molecule has 2 aromatic carbocycles. The minimum absolute atomic E-state index is 0.135. The molecule has 2 amide bonds. The van der Waals surface area contributed by atoms with E-state index in [2.05, 4.69) is 45.3 Å². The first-order chi connectivity index (χ1) is 17.1. The number of piperidine rings is 1. The van der Waals surface area contributed by atoms with E-state index in [0.717, 1.165) is 44.4 Å². The van der Waals surface area contributed by atoms with Gasteiger partial charge < -0.3 is 14.9 Å². The first-order valence-electron chi connectivity index (χ1n) is 12.5. The fourth-order valence-electron chi connectivity index (χ4n) is 5.92. The van der Waals surface area contributed by atoms with Crippen molar-refractivity contribution in [2.45, 2.75) is 37.5 Å². The van der Waals surface area contributed by atoms with Crippen LogP contribution in [0, 0.1) is 5.82 Å². The van der Waals surface area contributed by atoms with Gasteiger partial charge in [-0.3, -0.25) is 14.5 Å². The average Bonchev–Trinajstić information content (AvgIpc) is 3.56. The Morgan fingerprint density at radius 3 is 2.46 bits per heavy atom. The van der Waals surface area contributed by atoms with Crippen LogP contribution in [0.15, 0.2) is 54.9 Å². The molecule has 2 saturated heterocycles. The number of nitrogens with one attached hydrogen (secondary N) is 2. The third kappa shape index (κ3) is 4.04. The largest absolute Gasteiger partial charge is 0.361 e. The number of halogens is 1. The molecule has 0 radical (unpaired) electrons. The number of fused-ring (bicyclic) bond motifs is 2. The van der Waals surface area contributed by atoms with Crippen LogP contribution < -0.4 is 0 Å². The van der Waals surface area contributed by atoms with Gasteiger partial charge in [0.25, 0.3) is 0 Å². The first-order valence-corrected chi connectivity index (χ1v) is 12.5. The molecule has 0 aliphatic carbocycles. The molecule has 2 fully saturated rings. The highest BCUT2D eigenvalue weighted by Crippen LogP contribution is 2.35. The van der Waals surface area contributed by atoms with E-state index in [0.29, 0.717) is 23.4 Å². The summed E-state index contributed by atoms with van der Waals surface area (Å²) >= 11 is 0. The fraction of sp³-hybridized carbons (Fsp3) is 0.357. The lowest BCUT2D eigenvalue weighted by molar-refractivity contribution is -0.138. The lowest BCUT2D eigenvalue weighted by Crippen LogP contribution is -2.37. The Balaban J connectivity index is 1.03. The van der Waals surface area contributed by atoms with Crippen molar-refractivity contribution in [1.29, 1.82) is 0 Å². The van der Waals surface area contributed by atoms with E-state index in [1.54, 1.807) is 12.3 Å². The second-order valence-electron chi connectivity index (χ2n) is 9.83. The predicted octanol–water partition coefficient (Wildman–Crippen LogP) is 4.90. The number of aromatic amines is 2. The van der Waals surface area contributed by atoms with Crippen molar-refractivity contribution >= 4 is 33.6 Å². The van der Waals surface area contributed by atoms with Crippen molar-refractivity contribution in [3.8, 4) is 0 Å². The number of hydrogen-bond donors (Lipinski definition) is 2. The van der Waals surface area contributed by atoms with Crippen molar-refractivity contribution in [3.63, 3.8) is 0 Å². The number of rotatable bonds is 6. The topological polar surface area (TPSA) is 72.2 Å². The van der Waals surface area contributed by atoms with Gasteiger partial charge in [-0.05, 0) is 80.2 Å². The second kappa shape index (κ2) is 8.96. The van der Waals surface area contributed by atoms with Gasteiger partial charge in [0, 0.05) is 47.2 Å². The summed E-state index contributed by atoms with van der Waals surface area (Å²) in [7, 11) is 0. The zero-order chi connectivity index (χ0) is 23.9. The highest BCUT2D eigenvalue weighted by molar-refractivity contribution is 6.07. The molecule has 1 atom stereocenters. The van der Waals surface area contributed by atoms with E-state index in [4.69, 9.17) is 0 Å². The van der Waals surface area contributed by atoms with Crippen LogP contribution in [-0.4, -0.2) is 57.8 Å². The van der Waals surface area contributed by atoms with E-state index >= 15 is 0 Å². The van der Waals surface area contributed by atoms with Crippen LogP contribution in [0.4, 0.5) is 4.39 Å². The number of benzene rings is 2. The number of H-pyrrole nitrogens is 2. The summed E-state index contributed by atoms with van der Waals surface area (Å²) in [4.78, 5) is 36.1. The van der Waals surface area contributed by atoms with E-state index in [9.17, 15) is 14.0 Å². The van der Waals surface area contributed by atoms with Gasteiger partial charge in [-0.2, -0.15) is 0 Å². The molecular weight excluding hydrogens is 443 g/mol. The molecule has 0 spiro atoms. The van der Waals surface area contributed by atoms with Gasteiger partial charge in [-0.15, -0.1) is 0 Å². The molecule has 2 aliphatic rings. The maximum Gasteiger partial charge on any atom is 0.237 e. The van der Waals surface area contributed by atoms with Crippen molar-refractivity contribution in [1.82, 2.24) is 19.8 Å². The normalized spacial score (nSPS) is 20.0. The molecule has 1 unspecified atom stereocenters. The molecule has 0 bridgehead atoms. The Bertz CT molecular complexity index is 1400. The van der Waals surface area contributed by atoms with Gasteiger partial charge in [-0.25, -0.2) is 4.39 Å². The number of hydrogen-bond acceptors (Lipinski definition) is 3. The fourth-order valence-corrected chi connectivity index (χ4v) is 5.92. The van der Waals surface area contributed by atoms with E-state index in [1.807, 2.05) is 0 Å². The zero-order valence-electron chi connectivity index (χ0n) is 19.6. The molecule has 35 heavy (non-hydrogen) atoms. The SMILES string of the molecule is O=C1CC(c2c[nH]c3ccc(F)cc23)C(=O)N1CCCN1CCC(c2c[nH]c3ccccc23)CC1. The van der Waals surface area contributed by atoms with Crippen LogP contribution in [0.2, 0.25) is 0 Å². The molecule has 180 valence electrons. The summed E-state index contributed by atoms with van der Waals surface area (Å²) in [5.41, 5.74) is 4.09. The summed E-state index contributed by atoms with van der Waals surface area (Å²) in [6.45, 7) is 3.36. The van der Waals surface area contributed by atoms with Gasteiger partial charge in [0.1, 0.15) is 5.82 Å². The second-order valence-corrected chi connectivity index (χ2v) is 9.83. The van der Waals surface area contributed by atoms with Crippen LogP contribution in [0.1, 0.15) is 48.6 Å². The Morgan fingerprint density at radius 1 is 0.886 bits per heavy atom. The van der Waals surface area contributed by atoms with Crippen LogP contribution in [-0.2, 0) is 9.59 Å². The minimum Gasteiger partial charge on any atom is -0.361 e. The summed E-state index contributed by atoms with van der Waals surface area (Å²) in [6.07, 6.45) is 7.05. The summed E-state index contributed by atoms with van der Waals surface area (Å²) < 4.78 is 13.8. The highest BCUT2D eigenvalue weighted by Gasteiger charge is 2.40. The number of imide groups is 1. The molecule has 2 aliphatic heterocycles.